The molecule has 3 rings (SSSR count). The van der Waals surface area contributed by atoms with Crippen LogP contribution in [0.1, 0.15) is 42.4 Å². The number of sulfonamides is 1. The fraction of sp³-hybridized carbons (Fsp3) is 0.440. The fourth-order valence-corrected chi connectivity index (χ4v) is 5.83. The molecule has 0 saturated carbocycles. The number of carboxylic acids is 1. The first-order valence-electron chi connectivity index (χ1n) is 12.0. The Balaban J connectivity index is 1.44. The molecule has 37 heavy (non-hydrogen) atoms. The summed E-state index contributed by atoms with van der Waals surface area (Å²) in [4.78, 5) is 33.7. The summed E-state index contributed by atoms with van der Waals surface area (Å²) < 4.78 is 28.1. The van der Waals surface area contributed by atoms with Crippen molar-refractivity contribution in [3.63, 3.8) is 0 Å². The van der Waals surface area contributed by atoms with Crippen LogP contribution < -0.4 is 15.4 Å². The van der Waals surface area contributed by atoms with Gasteiger partial charge < -0.3 is 20.6 Å². The molecule has 11 nitrogen and oxygen atoms in total. The zero-order chi connectivity index (χ0) is 27.0. The number of anilines is 1. The van der Waals surface area contributed by atoms with Crippen LogP contribution in [-0.4, -0.2) is 61.3 Å². The molecule has 2 atom stereocenters. The summed E-state index contributed by atoms with van der Waals surface area (Å²) in [6.07, 6.45) is 3.53. The third kappa shape index (κ3) is 7.99. The Morgan fingerprint density at radius 3 is 2.54 bits per heavy atom. The number of aromatic nitrogens is 1. The number of rotatable bonds is 13. The normalized spacial score (nSPS) is 16.0. The topological polar surface area (TPSA) is 159 Å². The minimum atomic E-state index is -4.14. The first kappa shape index (κ1) is 28.1. The summed E-state index contributed by atoms with van der Waals surface area (Å²) in [7, 11) is -4.14. The second-order valence-corrected chi connectivity index (χ2v) is 10.7. The van der Waals surface area contributed by atoms with Crippen LogP contribution in [0, 0.1) is 20.8 Å². The molecular weight excluding hydrogens is 498 g/mol. The largest absolute Gasteiger partial charge is 0.480 e. The van der Waals surface area contributed by atoms with Gasteiger partial charge in [-0.3, -0.25) is 9.59 Å². The summed E-state index contributed by atoms with van der Waals surface area (Å²) in [5.41, 5.74) is 2.67. The fourth-order valence-electron chi connectivity index (χ4n) is 4.19. The van der Waals surface area contributed by atoms with E-state index in [0.29, 0.717) is 24.0 Å². The van der Waals surface area contributed by atoms with Gasteiger partial charge in [0.25, 0.3) is 5.91 Å². The van der Waals surface area contributed by atoms with Gasteiger partial charge in [0.2, 0.25) is 16.1 Å². The van der Waals surface area contributed by atoms with Crippen LogP contribution in [0.5, 0.6) is 0 Å². The lowest BCUT2D eigenvalue weighted by molar-refractivity contribution is -0.139. The highest BCUT2D eigenvalue weighted by molar-refractivity contribution is 7.89. The van der Waals surface area contributed by atoms with Gasteiger partial charge in [-0.15, -0.1) is 0 Å². The average Bonchev–Trinajstić information content (AvgIpc) is 3.30. The summed E-state index contributed by atoms with van der Waals surface area (Å²) in [6, 6.07) is 7.52. The number of aryl methyl sites for hydroxylation is 3. The molecule has 2 heterocycles. The zero-order valence-electron chi connectivity index (χ0n) is 21.2. The van der Waals surface area contributed by atoms with Crippen molar-refractivity contribution < 1.29 is 28.0 Å². The van der Waals surface area contributed by atoms with Gasteiger partial charge in [-0.25, -0.2) is 13.4 Å². The Labute approximate surface area is 216 Å². The number of hydrogen-bond acceptors (Lipinski definition) is 8. The summed E-state index contributed by atoms with van der Waals surface area (Å²) in [5.74, 6) is -1.15. The number of unbranched alkanes of at least 4 members (excludes halogenated alkanes) is 1. The highest BCUT2D eigenvalue weighted by atomic mass is 32.2. The molecule has 0 fully saturated rings. The SMILES string of the molecule is Cc1cc(C)c(S(=O)(=O)NC(CNC(=O)C2CC(CCCCNc3ccccn3)=NO2)C(=O)O)c(C)c1. The lowest BCUT2D eigenvalue weighted by Gasteiger charge is -2.19. The van der Waals surface area contributed by atoms with E-state index < -0.39 is 40.6 Å². The molecule has 0 bridgehead atoms. The van der Waals surface area contributed by atoms with E-state index >= 15 is 0 Å². The number of pyridine rings is 1. The summed E-state index contributed by atoms with van der Waals surface area (Å²) in [6.45, 7) is 5.46. The number of hydrogen-bond donors (Lipinski definition) is 4. The van der Waals surface area contributed by atoms with E-state index in [4.69, 9.17) is 4.84 Å². The molecule has 0 spiro atoms. The van der Waals surface area contributed by atoms with E-state index in [-0.39, 0.29) is 4.90 Å². The van der Waals surface area contributed by atoms with Crippen molar-refractivity contribution in [2.75, 3.05) is 18.4 Å². The maximum absolute atomic E-state index is 12.9. The van der Waals surface area contributed by atoms with Crippen molar-refractivity contribution in [2.24, 2.45) is 5.16 Å². The van der Waals surface area contributed by atoms with Gasteiger partial charge in [-0.2, -0.15) is 4.72 Å². The quantitative estimate of drug-likeness (QED) is 0.287. The van der Waals surface area contributed by atoms with Crippen LogP contribution in [0.15, 0.2) is 46.6 Å². The number of benzene rings is 1. The third-order valence-corrected chi connectivity index (χ3v) is 7.61. The first-order valence-corrected chi connectivity index (χ1v) is 13.5. The maximum atomic E-state index is 12.9. The molecule has 0 aliphatic carbocycles. The molecule has 1 aromatic heterocycles. The van der Waals surface area contributed by atoms with E-state index in [1.165, 1.54) is 0 Å². The number of carbonyl (C=O) groups is 2. The highest BCUT2D eigenvalue weighted by Crippen LogP contribution is 2.22. The summed E-state index contributed by atoms with van der Waals surface area (Å²) in [5, 5.41) is 19.2. The molecule has 12 heteroatoms. The molecule has 4 N–H and O–H groups in total. The molecule has 1 amide bonds. The molecular formula is C25H33N5O6S. The minimum absolute atomic E-state index is 0.0306. The standard InChI is InChI=1S/C25H33N5O6S/c1-16-12-17(2)23(18(3)13-16)37(34,35)30-20(25(32)33)15-28-24(31)21-14-19(29-36-21)8-4-6-10-26-22-9-5-7-11-27-22/h5,7,9,11-13,20-21,30H,4,6,8,10,14-15H2,1-3H3,(H,26,27)(H,28,31)(H,32,33). The second kappa shape index (κ2) is 12.6. The van der Waals surface area contributed by atoms with Crippen molar-refractivity contribution in [2.45, 2.75) is 63.5 Å². The van der Waals surface area contributed by atoms with Crippen molar-refractivity contribution in [3.05, 3.63) is 53.2 Å². The van der Waals surface area contributed by atoms with Gasteiger partial charge in [0.15, 0.2) is 0 Å². The second-order valence-electron chi connectivity index (χ2n) is 9.04. The molecule has 2 unspecified atom stereocenters. The Bertz CT molecular complexity index is 1230. The Morgan fingerprint density at radius 2 is 1.89 bits per heavy atom. The molecule has 1 aliphatic heterocycles. The predicted octanol–water partition coefficient (Wildman–Crippen LogP) is 2.28. The van der Waals surface area contributed by atoms with Gasteiger partial charge in [0, 0.05) is 25.7 Å². The molecule has 0 radical (unpaired) electrons. The van der Waals surface area contributed by atoms with Crippen LogP contribution in [0.4, 0.5) is 5.82 Å². The van der Waals surface area contributed by atoms with Crippen molar-refractivity contribution >= 4 is 33.4 Å². The maximum Gasteiger partial charge on any atom is 0.323 e. The van der Waals surface area contributed by atoms with E-state index in [1.807, 2.05) is 25.1 Å². The molecule has 2 aromatic rings. The van der Waals surface area contributed by atoms with Gasteiger partial charge in [0.1, 0.15) is 11.9 Å². The monoisotopic (exact) mass is 531 g/mol. The number of nitrogens with one attached hydrogen (secondary N) is 3. The number of carboxylic acid groups (broad SMARTS) is 1. The highest BCUT2D eigenvalue weighted by Gasteiger charge is 2.31. The lowest BCUT2D eigenvalue weighted by Crippen LogP contribution is -2.50. The van der Waals surface area contributed by atoms with Crippen LogP contribution in [0.3, 0.4) is 0 Å². The minimum Gasteiger partial charge on any atom is -0.480 e. The van der Waals surface area contributed by atoms with Gasteiger partial charge >= 0.3 is 5.97 Å². The molecule has 1 aromatic carbocycles. The zero-order valence-corrected chi connectivity index (χ0v) is 22.0. The lowest BCUT2D eigenvalue weighted by atomic mass is 10.1. The Hall–Kier alpha value is -3.51. The van der Waals surface area contributed by atoms with E-state index in [9.17, 15) is 23.1 Å². The van der Waals surface area contributed by atoms with Gasteiger partial charge in [-0.05, 0) is 63.3 Å². The number of nitrogens with zero attached hydrogens (tertiary/aromatic N) is 2. The molecule has 200 valence electrons. The van der Waals surface area contributed by atoms with E-state index in [1.54, 1.807) is 32.2 Å². The van der Waals surface area contributed by atoms with E-state index in [0.717, 1.165) is 36.5 Å². The summed E-state index contributed by atoms with van der Waals surface area (Å²) >= 11 is 0. The average molecular weight is 532 g/mol. The number of carbonyl (C=O) groups excluding carboxylic acids is 1. The number of oxime groups is 1. The van der Waals surface area contributed by atoms with Crippen LogP contribution in [0.25, 0.3) is 0 Å². The van der Waals surface area contributed by atoms with E-state index in [2.05, 4.69) is 25.5 Å². The number of aliphatic carboxylic acids is 1. The first-order chi connectivity index (χ1) is 17.6. The predicted molar refractivity (Wildman–Crippen MR) is 139 cm³/mol. The third-order valence-electron chi connectivity index (χ3n) is 5.83. The smallest absolute Gasteiger partial charge is 0.323 e. The van der Waals surface area contributed by atoms with Gasteiger partial charge in [-0.1, -0.05) is 28.9 Å². The Kier molecular flexibility index (Phi) is 9.59. The van der Waals surface area contributed by atoms with Crippen LogP contribution in [-0.2, 0) is 24.4 Å². The van der Waals surface area contributed by atoms with Crippen molar-refractivity contribution in [1.29, 1.82) is 0 Å². The molecule has 0 saturated heterocycles. The number of amides is 1. The van der Waals surface area contributed by atoms with Crippen LogP contribution >= 0.6 is 0 Å². The van der Waals surface area contributed by atoms with Crippen LogP contribution in [0.2, 0.25) is 0 Å². The van der Waals surface area contributed by atoms with Crippen molar-refractivity contribution in [1.82, 2.24) is 15.0 Å². The van der Waals surface area contributed by atoms with Crippen molar-refractivity contribution in [3.8, 4) is 0 Å². The Morgan fingerprint density at radius 1 is 1.16 bits per heavy atom. The van der Waals surface area contributed by atoms with Gasteiger partial charge in [0.05, 0.1) is 10.6 Å². The molecule has 1 aliphatic rings.